The van der Waals surface area contributed by atoms with E-state index in [1.54, 1.807) is 6.92 Å². The first-order chi connectivity index (χ1) is 9.44. The fraction of sp³-hybridized carbons (Fsp3) is 0.545. The van der Waals surface area contributed by atoms with E-state index in [4.69, 9.17) is 20.8 Å². The Morgan fingerprint density at radius 2 is 2.30 bits per heavy atom. The zero-order valence-corrected chi connectivity index (χ0v) is 10.9. The molecule has 0 saturated carbocycles. The summed E-state index contributed by atoms with van der Waals surface area (Å²) in [5, 5.41) is 16.1. The molecule has 8 nitrogen and oxygen atoms in total. The van der Waals surface area contributed by atoms with Gasteiger partial charge in [0, 0.05) is 24.2 Å². The minimum absolute atomic E-state index is 0.186. The van der Waals surface area contributed by atoms with Crippen molar-refractivity contribution in [3.05, 3.63) is 32.6 Å². The first-order valence-corrected chi connectivity index (χ1v) is 5.88. The minimum atomic E-state index is -0.537. The van der Waals surface area contributed by atoms with Crippen LogP contribution in [0.25, 0.3) is 0 Å². The Hall–Kier alpha value is -1.89. The minimum Gasteiger partial charge on any atom is -0.394 e. The van der Waals surface area contributed by atoms with Crippen LogP contribution in [0.2, 0.25) is 0 Å². The number of aliphatic hydroxyl groups is 1. The molecule has 2 radical (unpaired) electrons. The average Bonchev–Trinajstić information content (AvgIpc) is 2.76. The van der Waals surface area contributed by atoms with E-state index in [1.165, 1.54) is 16.7 Å². The number of aliphatic hydroxyl groups excluding tert-OH is 1. The lowest BCUT2D eigenvalue weighted by Gasteiger charge is -2.14. The lowest BCUT2D eigenvalue weighted by atomic mass is 10.1. The van der Waals surface area contributed by atoms with Crippen LogP contribution in [0.5, 0.6) is 0 Å². The third-order valence-electron chi connectivity index (χ3n) is 2.92. The number of ether oxygens (including phenoxy) is 1. The number of aryl methyl sites for hydroxylation is 1. The summed E-state index contributed by atoms with van der Waals surface area (Å²) >= 11 is 0. The van der Waals surface area contributed by atoms with Gasteiger partial charge in [-0.05, 0) is 12.9 Å². The molecule has 1 aliphatic heterocycles. The van der Waals surface area contributed by atoms with Gasteiger partial charge in [-0.15, -0.1) is 0 Å². The summed E-state index contributed by atoms with van der Waals surface area (Å²) in [5.74, 6) is 1.25. The number of aromatic amines is 1. The van der Waals surface area contributed by atoms with E-state index in [2.05, 4.69) is 12.8 Å². The largest absolute Gasteiger partial charge is 0.394 e. The van der Waals surface area contributed by atoms with Gasteiger partial charge in [-0.1, -0.05) is 0 Å². The molecule has 0 spiro atoms. The van der Waals surface area contributed by atoms with Gasteiger partial charge in [0.1, 0.15) is 6.23 Å². The van der Waals surface area contributed by atoms with E-state index < -0.39 is 23.6 Å². The molecule has 1 aromatic rings. The van der Waals surface area contributed by atoms with Crippen molar-refractivity contribution in [2.45, 2.75) is 31.7 Å². The molecular weight excluding hydrogens is 263 g/mol. The molecule has 2 heterocycles. The molecule has 2 rings (SSSR count). The normalized spacial score (nSPS) is 24.6. The Bertz CT molecular complexity index is 606. The topological polar surface area (TPSA) is 134 Å². The van der Waals surface area contributed by atoms with Crippen LogP contribution in [0.1, 0.15) is 18.2 Å². The number of nitrogens with two attached hydrogens (primary N) is 1. The molecule has 0 unspecified atom stereocenters. The Morgan fingerprint density at radius 1 is 1.70 bits per heavy atom. The number of hydrogen-bond acceptors (Lipinski definition) is 6. The number of rotatable bonds is 2. The van der Waals surface area contributed by atoms with Crippen molar-refractivity contribution in [2.75, 3.05) is 6.61 Å². The second-order valence-electron chi connectivity index (χ2n) is 4.32. The molecule has 1 saturated heterocycles. The summed E-state index contributed by atoms with van der Waals surface area (Å²) in [6.07, 6.45) is 0.860. The molecule has 3 atom stereocenters. The third kappa shape index (κ3) is 3.57. The van der Waals surface area contributed by atoms with Gasteiger partial charge in [0.25, 0.3) is 5.56 Å². The number of nitrogens with zero attached hydrogens (tertiary/aromatic N) is 2. The van der Waals surface area contributed by atoms with Crippen LogP contribution in [0.4, 0.5) is 0 Å². The van der Waals surface area contributed by atoms with Crippen molar-refractivity contribution in [3.8, 4) is 5.97 Å². The second kappa shape index (κ2) is 7.05. The summed E-state index contributed by atoms with van der Waals surface area (Å²) in [6, 6.07) is -0.316. The maximum Gasteiger partial charge on any atom is 0.330 e. The average molecular weight is 278 g/mol. The van der Waals surface area contributed by atoms with Crippen molar-refractivity contribution >= 4 is 7.85 Å². The van der Waals surface area contributed by atoms with Gasteiger partial charge in [-0.2, -0.15) is 0 Å². The second-order valence-corrected chi connectivity index (χ2v) is 4.32. The highest BCUT2D eigenvalue weighted by Crippen LogP contribution is 2.25. The van der Waals surface area contributed by atoms with Crippen molar-refractivity contribution in [1.29, 1.82) is 5.26 Å². The Kier molecular flexibility index (Phi) is 5.70. The van der Waals surface area contributed by atoms with E-state index in [0.717, 1.165) is 0 Å². The van der Waals surface area contributed by atoms with Crippen LogP contribution in [0.15, 0.2) is 15.8 Å². The number of nitrogens with one attached hydrogen (secondary N) is 1. The van der Waals surface area contributed by atoms with E-state index in [9.17, 15) is 9.59 Å². The Morgan fingerprint density at radius 3 is 2.80 bits per heavy atom. The molecule has 0 aliphatic carbocycles. The lowest BCUT2D eigenvalue weighted by Crippen LogP contribution is -2.33. The molecule has 1 fully saturated rings. The van der Waals surface area contributed by atoms with E-state index in [-0.39, 0.29) is 12.6 Å². The third-order valence-corrected chi connectivity index (χ3v) is 2.92. The summed E-state index contributed by atoms with van der Waals surface area (Å²) in [6.45, 7) is 1.42. The van der Waals surface area contributed by atoms with Crippen LogP contribution >= 0.6 is 0 Å². The highest BCUT2D eigenvalue weighted by atomic mass is 16.5. The molecule has 0 bridgehead atoms. The number of hydrogen-bond donors (Lipinski definition) is 3. The molecule has 1 aromatic heterocycles. The fourth-order valence-electron chi connectivity index (χ4n) is 1.90. The molecule has 9 heteroatoms. The van der Waals surface area contributed by atoms with Crippen molar-refractivity contribution in [1.82, 2.24) is 9.55 Å². The highest BCUT2D eigenvalue weighted by molar-refractivity contribution is 6.20. The summed E-state index contributed by atoms with van der Waals surface area (Å²) in [4.78, 5) is 25.0. The number of nitriles is 1. The van der Waals surface area contributed by atoms with Crippen molar-refractivity contribution < 1.29 is 9.84 Å². The molecule has 0 amide bonds. The maximum atomic E-state index is 11.6. The molecule has 4 N–H and O–H groups in total. The number of H-pyrrole nitrogens is 1. The zero-order valence-electron chi connectivity index (χ0n) is 10.9. The van der Waals surface area contributed by atoms with Crippen molar-refractivity contribution in [3.63, 3.8) is 0 Å². The van der Waals surface area contributed by atoms with Gasteiger partial charge in [0.15, 0.2) is 0 Å². The molecular formula is C11H15BN4O4. The Labute approximate surface area is 116 Å². The summed E-state index contributed by atoms with van der Waals surface area (Å²) in [5.41, 5.74) is 5.25. The van der Waals surface area contributed by atoms with Gasteiger partial charge >= 0.3 is 5.69 Å². The molecule has 106 valence electrons. The maximum absolute atomic E-state index is 11.6. The van der Waals surface area contributed by atoms with E-state index in [1.807, 2.05) is 0 Å². The standard InChI is InChI=1S/C10H15N3O4.CBN/c1-5-3-13(10(16)12-9(5)15)8-2-6(11)7(4-14)17-8;2-1-3/h3,6-8,14H,2,4,11H2,1H3,(H,12,15,16);/t6-,7+,8+;/m0./s1. The van der Waals surface area contributed by atoms with Gasteiger partial charge in [0.05, 0.1) is 12.7 Å². The van der Waals surface area contributed by atoms with Gasteiger partial charge in [0.2, 0.25) is 7.85 Å². The van der Waals surface area contributed by atoms with Gasteiger partial charge < -0.3 is 15.6 Å². The zero-order chi connectivity index (χ0) is 15.3. The summed E-state index contributed by atoms with van der Waals surface area (Å²) < 4.78 is 6.75. The SMILES string of the molecule is Cc1cn([C@H]2C[C@H](N)[C@@H](CO)O2)c(=O)[nH]c1=O.[B]C#N. The van der Waals surface area contributed by atoms with Crippen LogP contribution < -0.4 is 17.0 Å². The Balaban J connectivity index is 0.000000612. The van der Waals surface area contributed by atoms with E-state index >= 15 is 0 Å². The van der Waals surface area contributed by atoms with Crippen LogP contribution in [-0.4, -0.2) is 41.3 Å². The fourth-order valence-corrected chi connectivity index (χ4v) is 1.90. The lowest BCUT2D eigenvalue weighted by molar-refractivity contribution is -0.0271. The summed E-state index contributed by atoms with van der Waals surface area (Å²) in [7, 11) is 4.15. The van der Waals surface area contributed by atoms with Crippen LogP contribution in [0, 0.1) is 18.2 Å². The predicted octanol–water partition coefficient (Wildman–Crippen LogP) is -1.91. The van der Waals surface area contributed by atoms with Crippen LogP contribution in [-0.2, 0) is 4.74 Å². The molecule has 0 aromatic carbocycles. The van der Waals surface area contributed by atoms with Gasteiger partial charge in [-0.25, -0.2) is 10.1 Å². The quantitative estimate of drug-likeness (QED) is 0.540. The highest BCUT2D eigenvalue weighted by Gasteiger charge is 2.33. The first-order valence-electron chi connectivity index (χ1n) is 5.88. The first kappa shape index (κ1) is 16.2. The predicted molar refractivity (Wildman–Crippen MR) is 71.0 cm³/mol. The molecule has 20 heavy (non-hydrogen) atoms. The van der Waals surface area contributed by atoms with Gasteiger partial charge in [-0.3, -0.25) is 14.3 Å². The number of aromatic nitrogens is 2. The molecule has 1 aliphatic rings. The smallest absolute Gasteiger partial charge is 0.330 e. The van der Waals surface area contributed by atoms with Crippen molar-refractivity contribution in [2.24, 2.45) is 5.73 Å². The van der Waals surface area contributed by atoms with E-state index in [0.29, 0.717) is 12.0 Å². The van der Waals surface area contributed by atoms with Crippen LogP contribution in [0.3, 0.4) is 0 Å². The monoisotopic (exact) mass is 278 g/mol.